The first-order chi connectivity index (χ1) is 14.4. The Morgan fingerprint density at radius 3 is 1.90 bits per heavy atom. The summed E-state index contributed by atoms with van der Waals surface area (Å²) in [7, 11) is -3.28. The summed E-state index contributed by atoms with van der Waals surface area (Å²) in [6.07, 6.45) is 2.53. The van der Waals surface area contributed by atoms with E-state index in [4.69, 9.17) is 4.74 Å². The van der Waals surface area contributed by atoms with Crippen molar-refractivity contribution in [2.24, 2.45) is 0 Å². The maximum atomic E-state index is 14.6. The second kappa shape index (κ2) is 8.35. The van der Waals surface area contributed by atoms with Crippen LogP contribution in [0.1, 0.15) is 12.5 Å². The smallest absolute Gasteiger partial charge is 0.331 e. The molecule has 3 aromatic rings. The number of cyclic esters (lactones) is 1. The van der Waals surface area contributed by atoms with Crippen LogP contribution in [0.4, 0.5) is 0 Å². The van der Waals surface area contributed by atoms with Gasteiger partial charge in [-0.3, -0.25) is 4.57 Å². The van der Waals surface area contributed by atoms with Gasteiger partial charge in [-0.25, -0.2) is 9.88 Å². The van der Waals surface area contributed by atoms with Crippen LogP contribution in [-0.2, 0) is 19.6 Å². The van der Waals surface area contributed by atoms with Crippen LogP contribution in [0, 0.1) is 0 Å². The largest absolute Gasteiger partial charge is 0.453 e. The third kappa shape index (κ3) is 3.93. The van der Waals surface area contributed by atoms with Crippen molar-refractivity contribution in [1.29, 1.82) is 0 Å². The zero-order chi connectivity index (χ0) is 21.2. The zero-order valence-electron chi connectivity index (χ0n) is 16.4. The predicted octanol–water partition coefficient (Wildman–Crippen LogP) is 4.66. The maximum absolute atomic E-state index is 14.6. The number of hydrogen-bond acceptors (Lipinski definition) is 3. The highest BCUT2D eigenvalue weighted by atomic mass is 79.9. The Labute approximate surface area is 184 Å². The minimum Gasteiger partial charge on any atom is -0.453 e. The van der Waals surface area contributed by atoms with Gasteiger partial charge in [0.05, 0.1) is 5.54 Å². The lowest BCUT2D eigenvalue weighted by molar-refractivity contribution is -0.141. The lowest BCUT2D eigenvalue weighted by Gasteiger charge is -2.39. The minimum absolute atomic E-state index is 0.403. The summed E-state index contributed by atoms with van der Waals surface area (Å²) in [5.41, 5.74) is -0.0629. The van der Waals surface area contributed by atoms with Crippen LogP contribution in [-0.4, -0.2) is 12.1 Å². The molecular weight excluding hydrogens is 461 g/mol. The first-order valence-electron chi connectivity index (χ1n) is 9.57. The molecule has 0 spiro atoms. The van der Waals surface area contributed by atoms with E-state index in [2.05, 4.69) is 21.0 Å². The van der Waals surface area contributed by atoms with E-state index >= 15 is 0 Å². The van der Waals surface area contributed by atoms with Gasteiger partial charge in [-0.05, 0) is 55.0 Å². The molecule has 152 valence electrons. The van der Waals surface area contributed by atoms with Crippen LogP contribution in [0.2, 0.25) is 0 Å². The van der Waals surface area contributed by atoms with Gasteiger partial charge in [-0.2, -0.15) is 0 Å². The van der Waals surface area contributed by atoms with E-state index < -0.39 is 24.9 Å². The molecule has 4 nitrogen and oxygen atoms in total. The Morgan fingerprint density at radius 2 is 1.43 bits per heavy atom. The van der Waals surface area contributed by atoms with Gasteiger partial charge in [0.15, 0.2) is 0 Å². The van der Waals surface area contributed by atoms with E-state index in [-0.39, 0.29) is 0 Å². The van der Waals surface area contributed by atoms with Crippen molar-refractivity contribution >= 4 is 39.8 Å². The molecule has 3 aromatic carbocycles. The number of carbonyl (C=O) groups excluding carboxylic acids is 1. The first kappa shape index (κ1) is 20.8. The van der Waals surface area contributed by atoms with Gasteiger partial charge in [0.25, 0.3) is 0 Å². The Balaban J connectivity index is 1.87. The van der Waals surface area contributed by atoms with Gasteiger partial charge >= 0.3 is 5.97 Å². The number of halogens is 1. The van der Waals surface area contributed by atoms with Gasteiger partial charge in [-0.15, -0.1) is 0 Å². The first-order valence-corrected chi connectivity index (χ1v) is 12.1. The highest BCUT2D eigenvalue weighted by Crippen LogP contribution is 2.46. The van der Waals surface area contributed by atoms with E-state index in [9.17, 15) is 9.36 Å². The Morgan fingerprint density at radius 1 is 0.900 bits per heavy atom. The summed E-state index contributed by atoms with van der Waals surface area (Å²) in [4.78, 5) is 11.9. The van der Waals surface area contributed by atoms with Crippen LogP contribution in [0.3, 0.4) is 0 Å². The third-order valence-electron chi connectivity index (χ3n) is 5.29. The lowest BCUT2D eigenvalue weighted by Crippen LogP contribution is -2.50. The molecule has 0 aliphatic carbocycles. The molecule has 1 aliphatic rings. The molecule has 4 rings (SSSR count). The molecule has 1 heterocycles. The Kier molecular flexibility index (Phi) is 5.79. The average Bonchev–Trinajstić information content (AvgIpc) is 3.22. The lowest BCUT2D eigenvalue weighted by atomic mass is 9.87. The second-order valence-corrected chi connectivity index (χ2v) is 10.7. The van der Waals surface area contributed by atoms with Crippen LogP contribution in [0.25, 0.3) is 0 Å². The van der Waals surface area contributed by atoms with Crippen molar-refractivity contribution in [2.45, 2.75) is 18.6 Å². The van der Waals surface area contributed by atoms with Crippen molar-refractivity contribution in [1.82, 2.24) is 5.09 Å². The topological polar surface area (TPSA) is 55.4 Å². The monoisotopic (exact) mass is 481 g/mol. The molecule has 1 unspecified atom stereocenters. The molecule has 1 N–H and O–H groups in total. The zero-order valence-corrected chi connectivity index (χ0v) is 18.8. The average molecular weight is 482 g/mol. The number of nitrogens with one attached hydrogen (secondary N) is 1. The second-order valence-electron chi connectivity index (χ2n) is 7.32. The molecule has 0 saturated heterocycles. The summed E-state index contributed by atoms with van der Waals surface area (Å²) in [6, 6.07) is 26.5. The number of benzene rings is 3. The van der Waals surface area contributed by atoms with E-state index in [1.54, 1.807) is 6.08 Å². The maximum Gasteiger partial charge on any atom is 0.331 e. The number of carbonyl (C=O) groups is 1. The molecule has 0 bridgehead atoms. The van der Waals surface area contributed by atoms with Crippen molar-refractivity contribution in [3.8, 4) is 0 Å². The number of ether oxygens (including phenoxy) is 1. The van der Waals surface area contributed by atoms with E-state index in [0.29, 0.717) is 10.6 Å². The molecule has 0 radical (unpaired) electrons. The molecule has 30 heavy (non-hydrogen) atoms. The number of hydrogen-bond donors (Lipinski definition) is 1. The van der Waals surface area contributed by atoms with Crippen molar-refractivity contribution in [2.75, 3.05) is 0 Å². The molecule has 1 aliphatic heterocycles. The molecule has 0 amide bonds. The van der Waals surface area contributed by atoms with Gasteiger partial charge in [-0.1, -0.05) is 64.5 Å². The fourth-order valence-electron chi connectivity index (χ4n) is 3.65. The van der Waals surface area contributed by atoms with Crippen LogP contribution in [0.5, 0.6) is 0 Å². The molecule has 2 atom stereocenters. The summed E-state index contributed by atoms with van der Waals surface area (Å²) < 4.78 is 21.1. The minimum atomic E-state index is -3.28. The summed E-state index contributed by atoms with van der Waals surface area (Å²) in [5.74, 6) is -0.403. The van der Waals surface area contributed by atoms with E-state index in [1.807, 2.05) is 91.9 Å². The fraction of sp³-hybridized carbons (Fsp3) is 0.125. The number of rotatable bonds is 6. The highest BCUT2D eigenvalue weighted by molar-refractivity contribution is 9.10. The third-order valence-corrected chi connectivity index (χ3v) is 8.65. The fourth-order valence-corrected chi connectivity index (χ4v) is 6.56. The molecule has 6 heteroatoms. The van der Waals surface area contributed by atoms with Gasteiger partial charge < -0.3 is 4.74 Å². The molecule has 0 saturated carbocycles. The summed E-state index contributed by atoms with van der Waals surface area (Å²) >= 11 is 3.47. The highest BCUT2D eigenvalue weighted by Gasteiger charge is 2.45. The van der Waals surface area contributed by atoms with Gasteiger partial charge in [0.2, 0.25) is 7.29 Å². The summed E-state index contributed by atoms with van der Waals surface area (Å²) in [6.45, 7) is 1.92. The summed E-state index contributed by atoms with van der Waals surface area (Å²) in [5, 5.41) is 4.83. The van der Waals surface area contributed by atoms with Crippen LogP contribution in [0.15, 0.2) is 102 Å². The quantitative estimate of drug-likeness (QED) is 0.410. The van der Waals surface area contributed by atoms with Gasteiger partial charge in [0.1, 0.15) is 6.10 Å². The number of esters is 1. The van der Waals surface area contributed by atoms with Crippen molar-refractivity contribution < 1.29 is 14.1 Å². The van der Waals surface area contributed by atoms with E-state index in [1.165, 1.54) is 6.08 Å². The Hall–Kier alpha value is -2.46. The Bertz CT molecular complexity index is 1070. The van der Waals surface area contributed by atoms with Crippen molar-refractivity contribution in [3.05, 3.63) is 107 Å². The van der Waals surface area contributed by atoms with Crippen molar-refractivity contribution in [3.63, 3.8) is 0 Å². The van der Waals surface area contributed by atoms with E-state index in [0.717, 1.165) is 10.0 Å². The molecular formula is C24H21BrNO3P. The van der Waals surface area contributed by atoms with Crippen LogP contribution < -0.4 is 15.7 Å². The SMILES string of the molecule is C[C@@](NP(=O)(c1ccccc1)c1ccccc1)(c1ccc(Br)cc1)C1C=CC(=O)O1. The van der Waals surface area contributed by atoms with Crippen LogP contribution >= 0.6 is 23.2 Å². The molecule has 0 fully saturated rings. The predicted molar refractivity (Wildman–Crippen MR) is 123 cm³/mol. The molecule has 0 aromatic heterocycles. The normalized spacial score (nSPS) is 18.1. The standard InChI is InChI=1S/C24H21BrNO3P/c1-24(22-16-17-23(27)29-22,18-12-14-19(25)15-13-18)26-30(28,20-8-4-2-5-9-20)21-10-6-3-7-11-21/h2-17,22H,1H3,(H,26,28)/t22?,24-/m1/s1. The van der Waals surface area contributed by atoms with Gasteiger partial charge in [0, 0.05) is 21.2 Å².